The molecule has 17 heavy (non-hydrogen) atoms. The number of hydrogen-bond acceptors (Lipinski definition) is 2. The summed E-state index contributed by atoms with van der Waals surface area (Å²) in [5.41, 5.74) is 1.51. The van der Waals surface area contributed by atoms with Gasteiger partial charge in [-0.05, 0) is 37.1 Å². The molecule has 1 aromatic carbocycles. The second kappa shape index (κ2) is 5.00. The number of anilines is 1. The summed E-state index contributed by atoms with van der Waals surface area (Å²) in [5, 5.41) is 4.00. The smallest absolute Gasteiger partial charge is 0.149 e. The summed E-state index contributed by atoms with van der Waals surface area (Å²) >= 11 is 3.43. The highest BCUT2D eigenvalue weighted by Crippen LogP contribution is 2.28. The van der Waals surface area contributed by atoms with Gasteiger partial charge in [-0.2, -0.15) is 0 Å². The fourth-order valence-electron chi connectivity index (χ4n) is 1.82. The SMILES string of the molecule is CCNc1nc2c(F)ccc(Br)c2cc1CC. The topological polar surface area (TPSA) is 24.9 Å². The first kappa shape index (κ1) is 12.3. The van der Waals surface area contributed by atoms with Crippen molar-refractivity contribution < 1.29 is 4.39 Å². The summed E-state index contributed by atoms with van der Waals surface area (Å²) in [6.07, 6.45) is 0.869. The van der Waals surface area contributed by atoms with E-state index in [1.54, 1.807) is 6.07 Å². The number of nitrogens with zero attached hydrogens (tertiary/aromatic N) is 1. The molecule has 0 aliphatic heterocycles. The van der Waals surface area contributed by atoms with Gasteiger partial charge in [0.2, 0.25) is 0 Å². The number of nitrogens with one attached hydrogen (secondary N) is 1. The highest BCUT2D eigenvalue weighted by molar-refractivity contribution is 9.10. The first-order valence-corrected chi connectivity index (χ1v) is 6.48. The van der Waals surface area contributed by atoms with E-state index >= 15 is 0 Å². The largest absolute Gasteiger partial charge is 0.370 e. The van der Waals surface area contributed by atoms with Crippen molar-refractivity contribution in [3.8, 4) is 0 Å². The van der Waals surface area contributed by atoms with Crippen LogP contribution in [0.2, 0.25) is 0 Å². The zero-order chi connectivity index (χ0) is 12.4. The first-order chi connectivity index (χ1) is 8.17. The van der Waals surface area contributed by atoms with E-state index in [1.165, 1.54) is 6.07 Å². The Balaban J connectivity index is 2.73. The molecule has 1 aromatic heterocycles. The number of aryl methyl sites for hydroxylation is 1. The molecule has 0 spiro atoms. The fourth-order valence-corrected chi connectivity index (χ4v) is 2.26. The Bertz CT molecular complexity index is 555. The molecule has 90 valence electrons. The van der Waals surface area contributed by atoms with Gasteiger partial charge in [0.1, 0.15) is 17.2 Å². The van der Waals surface area contributed by atoms with Crippen LogP contribution in [0.5, 0.6) is 0 Å². The number of hydrogen-bond donors (Lipinski definition) is 1. The maximum atomic E-state index is 13.7. The number of aromatic nitrogens is 1. The monoisotopic (exact) mass is 296 g/mol. The molecule has 0 unspecified atom stereocenters. The van der Waals surface area contributed by atoms with E-state index in [4.69, 9.17) is 0 Å². The molecular weight excluding hydrogens is 283 g/mol. The van der Waals surface area contributed by atoms with E-state index in [9.17, 15) is 4.39 Å². The molecule has 0 radical (unpaired) electrons. The molecular formula is C13H14BrFN2. The van der Waals surface area contributed by atoms with Gasteiger partial charge in [-0.15, -0.1) is 0 Å². The van der Waals surface area contributed by atoms with Crippen molar-refractivity contribution in [2.24, 2.45) is 0 Å². The van der Waals surface area contributed by atoms with Crippen LogP contribution in [0.15, 0.2) is 22.7 Å². The van der Waals surface area contributed by atoms with Gasteiger partial charge >= 0.3 is 0 Å². The van der Waals surface area contributed by atoms with Crippen molar-refractivity contribution in [3.63, 3.8) is 0 Å². The second-order valence-electron chi connectivity index (χ2n) is 3.81. The Kier molecular flexibility index (Phi) is 3.62. The summed E-state index contributed by atoms with van der Waals surface area (Å²) < 4.78 is 14.6. The van der Waals surface area contributed by atoms with Crippen molar-refractivity contribution in [1.29, 1.82) is 0 Å². The number of pyridine rings is 1. The molecule has 4 heteroatoms. The standard InChI is InChI=1S/C13H14BrFN2/c1-3-8-7-9-10(14)5-6-11(15)12(9)17-13(8)16-4-2/h5-7H,3-4H2,1-2H3,(H,16,17). The van der Waals surface area contributed by atoms with Crippen molar-refractivity contribution in [3.05, 3.63) is 34.1 Å². The highest BCUT2D eigenvalue weighted by atomic mass is 79.9. The predicted octanol–water partition coefficient (Wildman–Crippen LogP) is 4.13. The number of fused-ring (bicyclic) bond motifs is 1. The molecule has 1 heterocycles. The third-order valence-electron chi connectivity index (χ3n) is 2.69. The van der Waals surface area contributed by atoms with E-state index in [-0.39, 0.29) is 5.82 Å². The predicted molar refractivity (Wildman–Crippen MR) is 72.9 cm³/mol. The number of halogens is 2. The third kappa shape index (κ3) is 2.27. The Morgan fingerprint density at radius 3 is 2.76 bits per heavy atom. The van der Waals surface area contributed by atoms with Gasteiger partial charge in [-0.3, -0.25) is 0 Å². The molecule has 0 bridgehead atoms. The molecule has 0 saturated carbocycles. The Morgan fingerprint density at radius 2 is 2.12 bits per heavy atom. The second-order valence-corrected chi connectivity index (χ2v) is 4.66. The molecule has 2 nitrogen and oxygen atoms in total. The minimum Gasteiger partial charge on any atom is -0.370 e. The van der Waals surface area contributed by atoms with Gasteiger partial charge in [-0.1, -0.05) is 22.9 Å². The minimum atomic E-state index is -0.287. The average Bonchev–Trinajstić information content (AvgIpc) is 2.34. The summed E-state index contributed by atoms with van der Waals surface area (Å²) in [7, 11) is 0. The van der Waals surface area contributed by atoms with Gasteiger partial charge in [-0.25, -0.2) is 9.37 Å². The quantitative estimate of drug-likeness (QED) is 0.921. The average molecular weight is 297 g/mol. The Morgan fingerprint density at radius 1 is 1.35 bits per heavy atom. The fraction of sp³-hybridized carbons (Fsp3) is 0.308. The van der Waals surface area contributed by atoms with E-state index in [0.717, 1.165) is 34.2 Å². The summed E-state index contributed by atoms with van der Waals surface area (Å²) in [6.45, 7) is 4.85. The number of benzene rings is 1. The molecule has 0 aliphatic carbocycles. The molecule has 0 amide bonds. The van der Waals surface area contributed by atoms with Crippen LogP contribution in [-0.2, 0) is 6.42 Å². The lowest BCUT2D eigenvalue weighted by molar-refractivity contribution is 0.636. The molecule has 0 saturated heterocycles. The molecule has 0 fully saturated rings. The lowest BCUT2D eigenvalue weighted by atomic mass is 10.1. The normalized spacial score (nSPS) is 10.8. The first-order valence-electron chi connectivity index (χ1n) is 5.68. The maximum absolute atomic E-state index is 13.7. The summed E-state index contributed by atoms with van der Waals surface area (Å²) in [5.74, 6) is 0.490. The van der Waals surface area contributed by atoms with Gasteiger partial charge < -0.3 is 5.32 Å². The summed E-state index contributed by atoms with van der Waals surface area (Å²) in [6, 6.07) is 5.14. The molecule has 1 N–H and O–H groups in total. The number of rotatable bonds is 3. The maximum Gasteiger partial charge on any atom is 0.149 e. The summed E-state index contributed by atoms with van der Waals surface area (Å²) in [4.78, 5) is 4.38. The van der Waals surface area contributed by atoms with E-state index in [2.05, 4.69) is 33.2 Å². The minimum absolute atomic E-state index is 0.287. The van der Waals surface area contributed by atoms with Crippen molar-refractivity contribution in [1.82, 2.24) is 4.98 Å². The van der Waals surface area contributed by atoms with E-state index in [1.807, 2.05) is 13.0 Å². The van der Waals surface area contributed by atoms with E-state index in [0.29, 0.717) is 5.52 Å². The van der Waals surface area contributed by atoms with Crippen LogP contribution in [0.3, 0.4) is 0 Å². The van der Waals surface area contributed by atoms with Gasteiger partial charge in [0.05, 0.1) is 0 Å². The van der Waals surface area contributed by atoms with Crippen LogP contribution >= 0.6 is 15.9 Å². The van der Waals surface area contributed by atoms with Gasteiger partial charge in [0.25, 0.3) is 0 Å². The lowest BCUT2D eigenvalue weighted by Gasteiger charge is -2.11. The van der Waals surface area contributed by atoms with Crippen molar-refractivity contribution in [2.75, 3.05) is 11.9 Å². The van der Waals surface area contributed by atoms with E-state index < -0.39 is 0 Å². The Labute approximate surface area is 108 Å². The molecule has 0 aliphatic rings. The van der Waals surface area contributed by atoms with Crippen LogP contribution in [0.1, 0.15) is 19.4 Å². The van der Waals surface area contributed by atoms with Crippen LogP contribution < -0.4 is 5.32 Å². The van der Waals surface area contributed by atoms with Crippen LogP contribution in [-0.4, -0.2) is 11.5 Å². The Hall–Kier alpha value is -1.16. The molecule has 2 rings (SSSR count). The zero-order valence-electron chi connectivity index (χ0n) is 9.85. The van der Waals surface area contributed by atoms with Crippen molar-refractivity contribution >= 4 is 32.7 Å². The van der Waals surface area contributed by atoms with Gasteiger partial charge in [0.15, 0.2) is 0 Å². The zero-order valence-corrected chi connectivity index (χ0v) is 11.4. The molecule has 0 atom stereocenters. The highest BCUT2D eigenvalue weighted by Gasteiger charge is 2.10. The van der Waals surface area contributed by atoms with Crippen LogP contribution in [0.4, 0.5) is 10.2 Å². The third-order valence-corrected chi connectivity index (χ3v) is 3.38. The van der Waals surface area contributed by atoms with Crippen molar-refractivity contribution in [2.45, 2.75) is 20.3 Å². The van der Waals surface area contributed by atoms with Crippen LogP contribution in [0, 0.1) is 5.82 Å². The van der Waals surface area contributed by atoms with Gasteiger partial charge in [0, 0.05) is 16.4 Å². The lowest BCUT2D eigenvalue weighted by Crippen LogP contribution is -2.04. The van der Waals surface area contributed by atoms with Crippen LogP contribution in [0.25, 0.3) is 10.9 Å². The molecule has 2 aromatic rings.